The van der Waals surface area contributed by atoms with Gasteiger partial charge in [0, 0.05) is 316 Å². The number of benzene rings is 4. The fraction of sp³-hybridized carbons (Fsp3) is 0.491. The number of urea groups is 3. The first-order valence-corrected chi connectivity index (χ1v) is 51.8. The minimum atomic E-state index is -2.97. The summed E-state index contributed by atoms with van der Waals surface area (Å²) in [6.45, 7) is 10.8. The Bertz CT molecular complexity index is 7090. The second-order valence-corrected chi connectivity index (χ2v) is 40.4. The lowest BCUT2D eigenvalue weighted by atomic mass is 9.87. The van der Waals surface area contributed by atoms with E-state index in [9.17, 15) is 47.3 Å². The third-order valence-corrected chi connectivity index (χ3v) is 31.2. The molecule has 4 saturated heterocycles. The zero-order chi connectivity index (χ0) is 103. The van der Waals surface area contributed by atoms with E-state index in [4.69, 9.17) is 60.3 Å². The quantitative estimate of drug-likeness (QED) is 0.0756. The van der Waals surface area contributed by atoms with Gasteiger partial charge in [-0.05, 0) is 154 Å². The molecule has 4 aromatic carbocycles. The molecule has 0 radical (unpaired) electrons. The minimum Gasteiger partial charge on any atom is -0.434 e. The highest BCUT2D eigenvalue weighted by molar-refractivity contribution is 5.85. The van der Waals surface area contributed by atoms with Gasteiger partial charge < -0.3 is 84.4 Å². The van der Waals surface area contributed by atoms with Crippen molar-refractivity contribution < 1.29 is 65.2 Å². The molecule has 0 saturated carbocycles. The van der Waals surface area contributed by atoms with Crippen LogP contribution in [0.5, 0.6) is 11.5 Å². The number of rotatable bonds is 16. The first-order valence-electron chi connectivity index (χ1n) is 51.8. The van der Waals surface area contributed by atoms with Gasteiger partial charge in [-0.25, -0.2) is 14.4 Å². The maximum absolute atomic E-state index is 13.5. The Hall–Kier alpha value is -14.8. The van der Waals surface area contributed by atoms with Crippen molar-refractivity contribution in [1.29, 1.82) is 10.5 Å². The molecule has 7 amide bonds. The van der Waals surface area contributed by atoms with Crippen molar-refractivity contribution in [3.63, 3.8) is 0 Å². The summed E-state index contributed by atoms with van der Waals surface area (Å²) in [5.41, 5.74) is 35.8. The van der Waals surface area contributed by atoms with Crippen molar-refractivity contribution in [2.45, 2.75) is 199 Å². The van der Waals surface area contributed by atoms with Crippen LogP contribution in [-0.2, 0) is 123 Å². The number of primary amides is 2. The fourth-order valence-corrected chi connectivity index (χ4v) is 23.6. The van der Waals surface area contributed by atoms with Gasteiger partial charge >= 0.3 is 31.3 Å². The van der Waals surface area contributed by atoms with E-state index in [-0.39, 0.29) is 47.6 Å². The Labute approximate surface area is 859 Å². The Morgan fingerprint density at radius 1 is 0.409 bits per heavy atom. The number of amides is 7. The van der Waals surface area contributed by atoms with Crippen molar-refractivity contribution in [3.8, 4) is 68.1 Å². The molecule has 8 aromatic heterocycles. The zero-order valence-electron chi connectivity index (χ0n) is 85.0. The molecule has 43 heteroatoms. The van der Waals surface area contributed by atoms with E-state index in [1.54, 1.807) is 105 Å². The highest BCUT2D eigenvalue weighted by Crippen LogP contribution is 2.51. The number of carbonyl (C=O) groups is 4. The number of aryl methyl sites for hydroxylation is 7. The lowest BCUT2D eigenvalue weighted by Crippen LogP contribution is -2.42. The number of nitriles is 2. The highest BCUT2D eigenvalue weighted by atomic mass is 19.3. The van der Waals surface area contributed by atoms with E-state index < -0.39 is 25.3 Å². The minimum absolute atomic E-state index is 0.0871. The van der Waals surface area contributed by atoms with Gasteiger partial charge in [0.15, 0.2) is 23.3 Å². The van der Waals surface area contributed by atoms with Gasteiger partial charge in [-0.3, -0.25) is 42.2 Å². The van der Waals surface area contributed by atoms with Crippen molar-refractivity contribution >= 4 is 70.0 Å². The number of hydrogen-bond acceptors (Lipinski definition) is 24. The van der Waals surface area contributed by atoms with Crippen LogP contribution in [0.4, 0.5) is 78.0 Å². The molecule has 4 fully saturated rings. The summed E-state index contributed by atoms with van der Waals surface area (Å²) in [5, 5.41) is 60.5. The maximum atomic E-state index is 13.5. The summed E-state index contributed by atoms with van der Waals surface area (Å²) in [5.74, 6) is 3.95. The van der Waals surface area contributed by atoms with E-state index in [1.807, 2.05) is 61.9 Å². The van der Waals surface area contributed by atoms with Crippen LogP contribution in [0.25, 0.3) is 44.5 Å². The van der Waals surface area contributed by atoms with Crippen LogP contribution in [0.15, 0.2) is 98.1 Å². The predicted molar refractivity (Wildman–Crippen MR) is 545 cm³/mol. The van der Waals surface area contributed by atoms with Gasteiger partial charge in [-0.2, -0.15) is 68.9 Å². The topological polar surface area (TPSA) is 404 Å². The number of nitrogens with zero attached hydrogens (tertiary/aromatic N) is 26. The lowest BCUT2D eigenvalue weighted by Gasteiger charge is -2.35. The summed E-state index contributed by atoms with van der Waals surface area (Å²) in [6, 6.07) is 20.3. The second-order valence-electron chi connectivity index (χ2n) is 40.4. The van der Waals surface area contributed by atoms with Crippen LogP contribution in [0.1, 0.15) is 193 Å². The summed E-state index contributed by atoms with van der Waals surface area (Å²) in [4.78, 5) is 64.7. The summed E-state index contributed by atoms with van der Waals surface area (Å²) >= 11 is 0. The molecule has 0 spiro atoms. The molecule has 2 atom stereocenters. The molecule has 39 nitrogen and oxygen atoms in total. The van der Waals surface area contributed by atoms with E-state index in [1.165, 1.54) is 22.5 Å². The van der Waals surface area contributed by atoms with Crippen molar-refractivity contribution in [2.75, 3.05) is 132 Å². The predicted octanol–water partition coefficient (Wildman–Crippen LogP) is 14.5. The van der Waals surface area contributed by atoms with Crippen molar-refractivity contribution in [3.05, 3.63) is 177 Å². The lowest BCUT2D eigenvalue weighted by molar-refractivity contribution is -0.129. The normalized spacial score (nSPS) is 18.7. The van der Waals surface area contributed by atoms with Gasteiger partial charge in [0.05, 0.1) is 105 Å². The number of nitrogens with two attached hydrogens (primary N) is 2. The SMILES string of the molecule is CC(=O)N1CCc2c(c(N3CCC(C)c4cc(-c5cnn(C)c5)c(C#N)cc43)nn2[C@H]2CCOC2)C1.CNC(=O)N1CCc2c(c(N3CCCc4cc(-c5cnn(C)c5)c(OC(F)F)cc43)nn2C2CCOCC2)C1.Cn1cc(-c2cc3c(cc2C#N)N(c2nn(C4CCOCC4)c4c2CN(C(N)=O)CC4)CCC3)cn1.Cn1cc(-c2cc3c(cc2OC(F)F)N(c2nn(C4CCOCC4)c4c2CN(C(N)=O)CC4)CCC3)cn1. The van der Waals surface area contributed by atoms with Gasteiger partial charge in [0.25, 0.3) is 0 Å². The molecule has 20 heterocycles. The number of fused-ring (bicyclic) bond motifs is 8. The molecule has 24 rings (SSSR count). The fourth-order valence-electron chi connectivity index (χ4n) is 23.6. The summed E-state index contributed by atoms with van der Waals surface area (Å²) in [6.07, 6.45) is 29.8. The first-order chi connectivity index (χ1) is 72.3. The van der Waals surface area contributed by atoms with E-state index in [2.05, 4.69) is 95.2 Å². The largest absolute Gasteiger partial charge is 0.434 e. The van der Waals surface area contributed by atoms with Gasteiger partial charge in [0.1, 0.15) is 11.5 Å². The van der Waals surface area contributed by atoms with E-state index >= 15 is 0 Å². The smallest absolute Gasteiger partial charge is 0.387 e. The van der Waals surface area contributed by atoms with Crippen molar-refractivity contribution in [2.24, 2.45) is 39.7 Å². The molecule has 0 bridgehead atoms. The number of halogens is 4. The molecule has 1 unspecified atom stereocenters. The standard InChI is InChI=1S/C27H33F2N7O3.C27H31N7O2.C26H31F2N7O3.C26H30N8O2/c1-30-27(37)34-9-5-22-21(16-34)25(32-36(22)19-6-10-38-11-7-19)35-8-3-4-17-12-20(18-14-31-33(2)15-18)24(13-23(17)35)39-26(28)29;1-17-4-8-33(26-10-19(12-28)23(11-22(17)26)20-13-29-31(3)14-20)27-24-15-32(18(2)35)7-5-25(24)34(30-27)21-6-9-36-16-21;1-32-14-17(13-30-32)19-11-16-3-2-7-34(22(16)12-23(19)38-25(27)28)24-20-15-33(26(29)36)8-4-21(20)35(31-24)18-5-9-37-10-6-18;1-31-15-19(14-29-31)21-11-17-3-2-7-33(24(17)12-18(21)13-27)25-22-16-32(26(28)35)8-4-23(22)34(30-25)20-5-9-36-10-6-20/h12-15,19,26H,3-11,16H2,1-2H3,(H,30,37);10-11,13-14,17,21H,4-9,15-16H2,1-3H3;11-14,18,25H,2-10,15H2,1H3,(H2,29,36);11-12,14-15,20H,2-10,16H2,1H3,(H2,28,35)/t;17?,21-;;/m.0../s1. The third kappa shape index (κ3) is 20.2. The number of hydrogen-bond donors (Lipinski definition) is 3. The number of alkyl halides is 4. The molecule has 0 aliphatic carbocycles. The number of carbonyl (C=O) groups excluding carboxylic acids is 4. The first kappa shape index (κ1) is 100. The Kier molecular flexibility index (Phi) is 28.8. The molecule has 12 aromatic rings. The summed E-state index contributed by atoms with van der Waals surface area (Å²) in [7, 11) is 8.97. The van der Waals surface area contributed by atoms with Gasteiger partial charge in [-0.1, -0.05) is 6.92 Å². The summed E-state index contributed by atoms with van der Waals surface area (Å²) < 4.78 is 102. The molecule has 149 heavy (non-hydrogen) atoms. The maximum Gasteiger partial charge on any atom is 0.387 e. The van der Waals surface area contributed by atoms with Crippen LogP contribution in [0, 0.1) is 22.7 Å². The number of aromatic nitrogens is 16. The monoisotopic (exact) mass is 2040 g/mol. The molecular formula is C106H125F4N29O10. The molecule has 12 aliphatic rings. The van der Waals surface area contributed by atoms with Crippen LogP contribution in [-0.4, -0.2) is 247 Å². The molecule has 782 valence electrons. The third-order valence-electron chi connectivity index (χ3n) is 31.2. The average Bonchev–Trinajstić information content (AvgIpc) is 1.62. The van der Waals surface area contributed by atoms with Crippen LogP contribution < -0.4 is 45.9 Å². The van der Waals surface area contributed by atoms with Crippen LogP contribution >= 0.6 is 0 Å². The number of nitrogens with one attached hydrogen (secondary N) is 1. The van der Waals surface area contributed by atoms with Crippen LogP contribution in [0.2, 0.25) is 0 Å². The number of ether oxygens (including phenoxy) is 6. The van der Waals surface area contributed by atoms with Crippen molar-refractivity contribution in [1.82, 2.24) is 103 Å². The molecular weight excluding hydrogens is 1920 g/mol. The molecule has 5 N–H and O–H groups in total. The average molecular weight is 2040 g/mol. The van der Waals surface area contributed by atoms with Gasteiger partial charge in [-0.15, -0.1) is 0 Å². The zero-order valence-corrected chi connectivity index (χ0v) is 85.0. The Morgan fingerprint density at radius 2 is 0.738 bits per heavy atom. The van der Waals surface area contributed by atoms with Crippen LogP contribution in [0.3, 0.4) is 0 Å². The van der Waals surface area contributed by atoms with E-state index in [0.29, 0.717) is 145 Å². The highest BCUT2D eigenvalue weighted by Gasteiger charge is 2.43. The number of anilines is 8. The second kappa shape index (κ2) is 42.8. The van der Waals surface area contributed by atoms with Gasteiger partial charge in [0.2, 0.25) is 5.91 Å². The Morgan fingerprint density at radius 3 is 1.09 bits per heavy atom. The Balaban J connectivity index is 0.000000116. The van der Waals surface area contributed by atoms with E-state index in [0.717, 1.165) is 254 Å². The molecule has 12 aliphatic heterocycles.